The Labute approximate surface area is 190 Å². The van der Waals surface area contributed by atoms with Crippen molar-refractivity contribution in [3.05, 3.63) is 70.9 Å². The minimum Gasteiger partial charge on any atom is -0.491 e. The molecular weight excluding hydrogens is 432 g/mol. The number of nitrogens with one attached hydrogen (secondary N) is 1. The first kappa shape index (κ1) is 23.3. The molecule has 1 aromatic heterocycles. The van der Waals surface area contributed by atoms with Gasteiger partial charge in [-0.25, -0.2) is 0 Å². The average molecular weight is 455 g/mol. The quantitative estimate of drug-likeness (QED) is 0.457. The summed E-state index contributed by atoms with van der Waals surface area (Å²) in [6.07, 6.45) is 0.831. The van der Waals surface area contributed by atoms with Gasteiger partial charge in [-0.15, -0.1) is 0 Å². The van der Waals surface area contributed by atoms with Gasteiger partial charge in [-0.1, -0.05) is 23.7 Å². The molecule has 0 radical (unpaired) electrons. The first-order chi connectivity index (χ1) is 15.4. The van der Waals surface area contributed by atoms with Gasteiger partial charge in [-0.3, -0.25) is 9.48 Å². The van der Waals surface area contributed by atoms with E-state index in [1.165, 1.54) is 0 Å². The van der Waals surface area contributed by atoms with E-state index in [1.807, 2.05) is 25.3 Å². The molecule has 0 fully saturated rings. The van der Waals surface area contributed by atoms with Crippen LogP contribution in [0.25, 0.3) is 11.3 Å². The molecule has 0 bridgehead atoms. The highest BCUT2D eigenvalue weighted by molar-refractivity contribution is 6.32. The van der Waals surface area contributed by atoms with Gasteiger partial charge in [-0.2, -0.15) is 10.4 Å². The number of benzene rings is 2. The van der Waals surface area contributed by atoms with Crippen molar-refractivity contribution in [3.8, 4) is 23.1 Å². The molecule has 3 rings (SSSR count). The fraction of sp³-hybridized carbons (Fsp3) is 0.261. The van der Waals surface area contributed by atoms with E-state index in [9.17, 15) is 9.90 Å². The van der Waals surface area contributed by atoms with Crippen molar-refractivity contribution in [3.63, 3.8) is 0 Å². The van der Waals surface area contributed by atoms with Crippen molar-refractivity contribution in [2.24, 2.45) is 0 Å². The SMILES string of the molecule is C[C@@H](Cn1ccc(-c2ccc(C#N)c(Cl)c2)n1)NC(=O)c1cccc(OCC(O)CO)c1. The van der Waals surface area contributed by atoms with E-state index < -0.39 is 12.7 Å². The Hall–Kier alpha value is -3.38. The Kier molecular flexibility index (Phi) is 7.84. The summed E-state index contributed by atoms with van der Waals surface area (Å²) in [5, 5.41) is 35.1. The van der Waals surface area contributed by atoms with Gasteiger partial charge >= 0.3 is 0 Å². The maximum Gasteiger partial charge on any atom is 0.251 e. The zero-order valence-electron chi connectivity index (χ0n) is 17.4. The van der Waals surface area contributed by atoms with Crippen LogP contribution in [0.4, 0.5) is 0 Å². The van der Waals surface area contributed by atoms with Crippen LogP contribution < -0.4 is 10.1 Å². The molecule has 0 aliphatic carbocycles. The molecule has 1 heterocycles. The lowest BCUT2D eigenvalue weighted by atomic mass is 10.1. The monoisotopic (exact) mass is 454 g/mol. The van der Waals surface area contributed by atoms with Crippen molar-refractivity contribution >= 4 is 17.5 Å². The first-order valence-electron chi connectivity index (χ1n) is 9.95. The first-order valence-corrected chi connectivity index (χ1v) is 10.3. The molecular formula is C23H23ClN4O4. The van der Waals surface area contributed by atoms with Gasteiger partial charge in [0.2, 0.25) is 0 Å². The minimum absolute atomic E-state index is 0.0654. The van der Waals surface area contributed by atoms with Gasteiger partial charge in [0.1, 0.15) is 24.5 Å². The molecule has 0 spiro atoms. The standard InChI is InChI=1S/C23H23ClN4O4/c1-15(26-23(31)17-3-2-4-20(9-17)32-14-19(30)13-29)12-28-8-7-22(27-28)16-5-6-18(11-25)21(24)10-16/h2-10,15,19,29-30H,12-14H2,1H3,(H,26,31)/t15-,19?/m0/s1. The van der Waals surface area contributed by atoms with Crippen molar-refractivity contribution < 1.29 is 19.7 Å². The van der Waals surface area contributed by atoms with Gasteiger partial charge in [-0.05, 0) is 43.3 Å². The van der Waals surface area contributed by atoms with E-state index in [4.69, 9.17) is 26.7 Å². The number of carbonyl (C=O) groups is 1. The Bertz CT molecular complexity index is 1130. The van der Waals surface area contributed by atoms with Crippen molar-refractivity contribution in [2.75, 3.05) is 13.2 Å². The number of hydrogen-bond acceptors (Lipinski definition) is 6. The molecule has 3 aromatic rings. The van der Waals surface area contributed by atoms with E-state index in [0.29, 0.717) is 34.1 Å². The normalized spacial score (nSPS) is 12.6. The fourth-order valence-corrected chi connectivity index (χ4v) is 3.21. The van der Waals surface area contributed by atoms with Gasteiger partial charge in [0, 0.05) is 23.4 Å². The van der Waals surface area contributed by atoms with Crippen LogP contribution in [0.2, 0.25) is 5.02 Å². The topological polar surface area (TPSA) is 120 Å². The number of nitriles is 1. The van der Waals surface area contributed by atoms with E-state index in [2.05, 4.69) is 10.4 Å². The fourth-order valence-electron chi connectivity index (χ4n) is 2.99. The van der Waals surface area contributed by atoms with Gasteiger partial charge < -0.3 is 20.3 Å². The Balaban J connectivity index is 1.59. The lowest BCUT2D eigenvalue weighted by Gasteiger charge is -2.15. The van der Waals surface area contributed by atoms with Crippen LogP contribution in [0.1, 0.15) is 22.8 Å². The van der Waals surface area contributed by atoms with Gasteiger partial charge in [0.15, 0.2) is 0 Å². The molecule has 1 amide bonds. The molecule has 0 aliphatic rings. The van der Waals surface area contributed by atoms with Crippen LogP contribution in [-0.4, -0.2) is 51.3 Å². The highest BCUT2D eigenvalue weighted by atomic mass is 35.5. The molecule has 0 saturated heterocycles. The third-order valence-electron chi connectivity index (χ3n) is 4.61. The Morgan fingerprint density at radius 2 is 2.12 bits per heavy atom. The number of halogens is 1. The van der Waals surface area contributed by atoms with Crippen molar-refractivity contribution in [1.29, 1.82) is 5.26 Å². The smallest absolute Gasteiger partial charge is 0.251 e. The molecule has 0 aliphatic heterocycles. The summed E-state index contributed by atoms with van der Waals surface area (Å²) in [5.74, 6) is 0.160. The highest BCUT2D eigenvalue weighted by Gasteiger charge is 2.13. The third kappa shape index (κ3) is 6.08. The second-order valence-electron chi connectivity index (χ2n) is 7.28. The summed E-state index contributed by atoms with van der Waals surface area (Å²) in [4.78, 5) is 12.6. The number of rotatable bonds is 9. The largest absolute Gasteiger partial charge is 0.491 e. The van der Waals surface area contributed by atoms with E-state index in [0.717, 1.165) is 5.56 Å². The number of ether oxygens (including phenoxy) is 1. The molecule has 9 heteroatoms. The second kappa shape index (κ2) is 10.8. The van der Waals surface area contributed by atoms with Gasteiger partial charge in [0.05, 0.1) is 29.4 Å². The van der Waals surface area contributed by atoms with Crippen molar-refractivity contribution in [1.82, 2.24) is 15.1 Å². The molecule has 2 atom stereocenters. The minimum atomic E-state index is -0.980. The predicted molar refractivity (Wildman–Crippen MR) is 119 cm³/mol. The summed E-state index contributed by atoms with van der Waals surface area (Å²) in [6.45, 7) is 1.86. The van der Waals surface area contributed by atoms with Crippen LogP contribution in [0.3, 0.4) is 0 Å². The molecule has 2 aromatic carbocycles. The number of carbonyl (C=O) groups excluding carboxylic acids is 1. The van der Waals surface area contributed by atoms with E-state index in [1.54, 1.807) is 47.1 Å². The molecule has 8 nitrogen and oxygen atoms in total. The highest BCUT2D eigenvalue weighted by Crippen LogP contribution is 2.24. The van der Waals surface area contributed by atoms with Crippen LogP contribution in [-0.2, 0) is 6.54 Å². The molecule has 0 saturated carbocycles. The molecule has 32 heavy (non-hydrogen) atoms. The van der Waals surface area contributed by atoms with Crippen molar-refractivity contribution in [2.45, 2.75) is 25.6 Å². The zero-order chi connectivity index (χ0) is 23.1. The average Bonchev–Trinajstić information content (AvgIpc) is 3.25. The van der Waals surface area contributed by atoms with Gasteiger partial charge in [0.25, 0.3) is 5.91 Å². The predicted octanol–water partition coefficient (Wildman–Crippen LogP) is 2.63. The number of amides is 1. The lowest BCUT2D eigenvalue weighted by molar-refractivity contribution is 0.0535. The van der Waals surface area contributed by atoms with Crippen LogP contribution >= 0.6 is 11.6 Å². The van der Waals surface area contributed by atoms with Crippen LogP contribution in [0.5, 0.6) is 5.75 Å². The van der Waals surface area contributed by atoms with Crippen LogP contribution in [0.15, 0.2) is 54.7 Å². The van der Waals surface area contributed by atoms with E-state index >= 15 is 0 Å². The Morgan fingerprint density at radius 1 is 1.31 bits per heavy atom. The lowest BCUT2D eigenvalue weighted by Crippen LogP contribution is -2.35. The number of aromatic nitrogens is 2. The maximum atomic E-state index is 12.6. The summed E-state index contributed by atoms with van der Waals surface area (Å²) in [7, 11) is 0. The molecule has 166 valence electrons. The van der Waals surface area contributed by atoms with E-state index in [-0.39, 0.29) is 18.6 Å². The molecule has 3 N–H and O–H groups in total. The summed E-state index contributed by atoms with van der Waals surface area (Å²) in [5.41, 5.74) is 2.34. The summed E-state index contributed by atoms with van der Waals surface area (Å²) < 4.78 is 7.11. The Morgan fingerprint density at radius 3 is 2.84 bits per heavy atom. The third-order valence-corrected chi connectivity index (χ3v) is 4.93. The number of aliphatic hydroxyl groups excluding tert-OH is 2. The zero-order valence-corrected chi connectivity index (χ0v) is 18.2. The molecule has 1 unspecified atom stereocenters. The van der Waals surface area contributed by atoms with Crippen LogP contribution in [0, 0.1) is 11.3 Å². The number of aliphatic hydroxyl groups is 2. The number of nitrogens with zero attached hydrogens (tertiary/aromatic N) is 3. The maximum absolute atomic E-state index is 12.6. The number of hydrogen-bond donors (Lipinski definition) is 3. The summed E-state index contributed by atoms with van der Waals surface area (Å²) >= 11 is 6.10. The summed E-state index contributed by atoms with van der Waals surface area (Å²) in [6, 6.07) is 15.4. The second-order valence-corrected chi connectivity index (χ2v) is 7.69.